The lowest BCUT2D eigenvalue weighted by atomic mass is 9.84. The van der Waals surface area contributed by atoms with Gasteiger partial charge in [0, 0.05) is 11.6 Å². The Bertz CT molecular complexity index is 187. The summed E-state index contributed by atoms with van der Waals surface area (Å²) in [7, 11) is 0. The van der Waals surface area contributed by atoms with E-state index in [-0.39, 0.29) is 11.6 Å². The highest BCUT2D eigenvalue weighted by Crippen LogP contribution is 2.25. The number of hydrogen-bond donors (Lipinski definition) is 1. The molecule has 0 aliphatic heterocycles. The monoisotopic (exact) mass is 226 g/mol. The van der Waals surface area contributed by atoms with Crippen LogP contribution in [0.15, 0.2) is 12.7 Å². The Kier molecular flexibility index (Phi) is 7.69. The van der Waals surface area contributed by atoms with Crippen molar-refractivity contribution in [3.8, 4) is 0 Å². The van der Waals surface area contributed by atoms with Crippen molar-refractivity contribution in [3.63, 3.8) is 0 Å². The van der Waals surface area contributed by atoms with Gasteiger partial charge in [-0.2, -0.15) is 0 Å². The fourth-order valence-electron chi connectivity index (χ4n) is 2.46. The zero-order valence-corrected chi connectivity index (χ0v) is 11.6. The lowest BCUT2D eigenvalue weighted by Crippen LogP contribution is -2.57. The third-order valence-electron chi connectivity index (χ3n) is 3.92. The van der Waals surface area contributed by atoms with Crippen molar-refractivity contribution in [2.75, 3.05) is 13.1 Å². The summed E-state index contributed by atoms with van der Waals surface area (Å²) in [5, 5.41) is 0. The quantitative estimate of drug-likeness (QED) is 0.483. The highest BCUT2D eigenvalue weighted by molar-refractivity contribution is 4.94. The number of hydrogen-bond acceptors (Lipinski definition) is 2. The molecule has 0 radical (unpaired) electrons. The number of rotatable bonds is 9. The van der Waals surface area contributed by atoms with Gasteiger partial charge in [0.15, 0.2) is 0 Å². The van der Waals surface area contributed by atoms with Crippen molar-refractivity contribution >= 4 is 0 Å². The minimum absolute atomic E-state index is 0.144. The van der Waals surface area contributed by atoms with Gasteiger partial charge in [-0.15, -0.1) is 6.58 Å². The van der Waals surface area contributed by atoms with Crippen molar-refractivity contribution in [2.24, 2.45) is 5.73 Å². The van der Waals surface area contributed by atoms with Crippen LogP contribution >= 0.6 is 0 Å². The predicted octanol–water partition coefficient (Wildman–Crippen LogP) is 3.18. The normalized spacial score (nSPS) is 17.1. The van der Waals surface area contributed by atoms with Crippen LogP contribution in [0, 0.1) is 0 Å². The van der Waals surface area contributed by atoms with Crippen LogP contribution in [0.4, 0.5) is 0 Å². The molecule has 0 fully saturated rings. The van der Waals surface area contributed by atoms with E-state index in [2.05, 4.69) is 39.2 Å². The third kappa shape index (κ3) is 3.91. The summed E-state index contributed by atoms with van der Waals surface area (Å²) in [6.45, 7) is 14.9. The molecule has 0 rings (SSSR count). The molecule has 0 heterocycles. The first-order chi connectivity index (χ1) is 7.56. The molecule has 96 valence electrons. The van der Waals surface area contributed by atoms with Gasteiger partial charge in [0.25, 0.3) is 0 Å². The maximum absolute atomic E-state index is 6.38. The molecule has 0 bridgehead atoms. The van der Waals surface area contributed by atoms with E-state index in [9.17, 15) is 0 Å². The molecule has 0 aliphatic carbocycles. The first-order valence-corrected chi connectivity index (χ1v) is 6.68. The topological polar surface area (TPSA) is 29.3 Å². The average molecular weight is 226 g/mol. The lowest BCUT2D eigenvalue weighted by Gasteiger charge is -2.44. The molecule has 0 aromatic rings. The summed E-state index contributed by atoms with van der Waals surface area (Å²) in [5.74, 6) is 0. The van der Waals surface area contributed by atoms with Crippen molar-refractivity contribution in [1.29, 1.82) is 0 Å². The van der Waals surface area contributed by atoms with Crippen LogP contribution in [-0.2, 0) is 0 Å². The average Bonchev–Trinajstić information content (AvgIpc) is 2.30. The first kappa shape index (κ1) is 15.7. The summed E-state index contributed by atoms with van der Waals surface area (Å²) in [4.78, 5) is 2.49. The molecule has 2 atom stereocenters. The summed E-state index contributed by atoms with van der Waals surface area (Å²) in [6.07, 6.45) is 6.41. The Balaban J connectivity index is 4.46. The highest BCUT2D eigenvalue weighted by Gasteiger charge is 2.33. The summed E-state index contributed by atoms with van der Waals surface area (Å²) >= 11 is 0. The Labute approximate surface area is 102 Å². The van der Waals surface area contributed by atoms with Gasteiger partial charge in [0.1, 0.15) is 0 Å². The van der Waals surface area contributed by atoms with E-state index in [4.69, 9.17) is 5.73 Å². The molecule has 2 unspecified atom stereocenters. The van der Waals surface area contributed by atoms with Crippen LogP contribution in [-0.4, -0.2) is 29.6 Å². The molecule has 2 nitrogen and oxygen atoms in total. The summed E-state index contributed by atoms with van der Waals surface area (Å²) in [6, 6.07) is 0.261. The fourth-order valence-corrected chi connectivity index (χ4v) is 2.46. The molecule has 0 aliphatic rings. The largest absolute Gasteiger partial charge is 0.326 e. The fraction of sp³-hybridized carbons (Fsp3) is 0.857. The van der Waals surface area contributed by atoms with Crippen LogP contribution in [0.3, 0.4) is 0 Å². The Morgan fingerprint density at radius 3 is 2.25 bits per heavy atom. The van der Waals surface area contributed by atoms with Gasteiger partial charge >= 0.3 is 0 Å². The maximum Gasteiger partial charge on any atom is 0.0329 e. The van der Waals surface area contributed by atoms with Gasteiger partial charge in [-0.05, 0) is 45.7 Å². The highest BCUT2D eigenvalue weighted by atomic mass is 15.2. The van der Waals surface area contributed by atoms with E-state index in [1.54, 1.807) is 0 Å². The Hall–Kier alpha value is -0.340. The second-order valence-corrected chi connectivity index (χ2v) is 4.71. The number of nitrogens with zero attached hydrogens (tertiary/aromatic N) is 1. The smallest absolute Gasteiger partial charge is 0.0329 e. The molecule has 0 aromatic carbocycles. The van der Waals surface area contributed by atoms with Crippen LogP contribution in [0.2, 0.25) is 0 Å². The van der Waals surface area contributed by atoms with Gasteiger partial charge in [0.2, 0.25) is 0 Å². The van der Waals surface area contributed by atoms with E-state index in [1.807, 2.05) is 6.08 Å². The van der Waals surface area contributed by atoms with Crippen LogP contribution < -0.4 is 5.73 Å². The van der Waals surface area contributed by atoms with E-state index in [0.29, 0.717) is 0 Å². The van der Waals surface area contributed by atoms with Crippen molar-refractivity contribution in [2.45, 2.75) is 65.0 Å². The number of likely N-dealkylation sites (N-methyl/N-ethyl adjacent to an activating group) is 1. The van der Waals surface area contributed by atoms with Gasteiger partial charge in [-0.1, -0.05) is 26.8 Å². The van der Waals surface area contributed by atoms with Crippen molar-refractivity contribution in [3.05, 3.63) is 12.7 Å². The minimum Gasteiger partial charge on any atom is -0.326 e. The zero-order valence-electron chi connectivity index (χ0n) is 11.6. The van der Waals surface area contributed by atoms with E-state index < -0.39 is 0 Å². The number of unbranched alkanes of at least 4 members (excludes halogenated alkanes) is 1. The second kappa shape index (κ2) is 7.86. The first-order valence-electron chi connectivity index (χ1n) is 6.68. The summed E-state index contributed by atoms with van der Waals surface area (Å²) < 4.78 is 0. The van der Waals surface area contributed by atoms with Crippen LogP contribution in [0.5, 0.6) is 0 Å². The number of allylic oxidation sites excluding steroid dienone is 1. The van der Waals surface area contributed by atoms with Gasteiger partial charge in [-0.3, -0.25) is 4.90 Å². The Morgan fingerprint density at radius 1 is 1.31 bits per heavy atom. The van der Waals surface area contributed by atoms with E-state index >= 15 is 0 Å². The van der Waals surface area contributed by atoms with Crippen molar-refractivity contribution in [1.82, 2.24) is 4.90 Å². The molecule has 16 heavy (non-hydrogen) atoms. The van der Waals surface area contributed by atoms with Gasteiger partial charge in [0.05, 0.1) is 0 Å². The predicted molar refractivity (Wildman–Crippen MR) is 73.6 cm³/mol. The third-order valence-corrected chi connectivity index (χ3v) is 3.92. The molecule has 0 saturated carbocycles. The molecule has 2 heteroatoms. The van der Waals surface area contributed by atoms with E-state index in [1.165, 1.54) is 0 Å². The Morgan fingerprint density at radius 2 is 1.88 bits per heavy atom. The van der Waals surface area contributed by atoms with Gasteiger partial charge < -0.3 is 5.73 Å². The summed E-state index contributed by atoms with van der Waals surface area (Å²) in [5.41, 5.74) is 6.52. The zero-order chi connectivity index (χ0) is 12.6. The standard InChI is InChI=1S/C14H30N2/c1-6-10-11-12-13(15)14(5,7-2)16(8-3)9-4/h6,13H,1,7-12,15H2,2-5H3. The number of nitrogens with two attached hydrogens (primary N) is 1. The second-order valence-electron chi connectivity index (χ2n) is 4.71. The molecule has 2 N–H and O–H groups in total. The lowest BCUT2D eigenvalue weighted by molar-refractivity contribution is 0.0808. The minimum atomic E-state index is 0.144. The van der Waals surface area contributed by atoms with Gasteiger partial charge in [-0.25, -0.2) is 0 Å². The van der Waals surface area contributed by atoms with Crippen LogP contribution in [0.25, 0.3) is 0 Å². The molecule has 0 aromatic heterocycles. The molecular weight excluding hydrogens is 196 g/mol. The maximum atomic E-state index is 6.38. The SMILES string of the molecule is C=CCCCC(N)C(C)(CC)N(CC)CC. The van der Waals surface area contributed by atoms with Crippen LogP contribution in [0.1, 0.15) is 53.4 Å². The molecule has 0 spiro atoms. The molecular formula is C14H30N2. The van der Waals surface area contributed by atoms with Crippen molar-refractivity contribution < 1.29 is 0 Å². The van der Waals surface area contributed by atoms with E-state index in [0.717, 1.165) is 38.8 Å². The molecule has 0 amide bonds. The molecule has 0 saturated heterocycles.